The van der Waals surface area contributed by atoms with Gasteiger partial charge in [-0.05, 0) is 35.1 Å². The van der Waals surface area contributed by atoms with E-state index in [4.69, 9.17) is 14.6 Å². The Morgan fingerprint density at radius 1 is 1.06 bits per heavy atom. The highest BCUT2D eigenvalue weighted by Gasteiger charge is 2.37. The first-order valence-corrected chi connectivity index (χ1v) is 11.1. The number of alkyl carbamates (subject to hydrolysis) is 1. The lowest BCUT2D eigenvalue weighted by Crippen LogP contribution is -2.52. The highest BCUT2D eigenvalue weighted by molar-refractivity contribution is 5.87. The van der Waals surface area contributed by atoms with Gasteiger partial charge in [-0.2, -0.15) is 0 Å². The number of hydrogen-bond donors (Lipinski definition) is 2. The van der Waals surface area contributed by atoms with Crippen LogP contribution in [-0.2, 0) is 19.1 Å². The van der Waals surface area contributed by atoms with Gasteiger partial charge >= 0.3 is 12.1 Å². The van der Waals surface area contributed by atoms with E-state index in [1.807, 2.05) is 36.4 Å². The number of benzene rings is 2. The van der Waals surface area contributed by atoms with Crippen LogP contribution in [0.5, 0.6) is 0 Å². The van der Waals surface area contributed by atoms with Crippen LogP contribution in [0.1, 0.15) is 36.3 Å². The number of nitrogens with one attached hydrogen (secondary N) is 1. The number of rotatable bonds is 10. The zero-order valence-corrected chi connectivity index (χ0v) is 18.5. The van der Waals surface area contributed by atoms with Crippen molar-refractivity contribution in [2.75, 3.05) is 26.9 Å². The van der Waals surface area contributed by atoms with Crippen LogP contribution in [-0.4, -0.2) is 66.9 Å². The second kappa shape index (κ2) is 10.0. The second-order valence-electron chi connectivity index (χ2n) is 8.38. The number of hydrogen-bond acceptors (Lipinski definition) is 5. The number of amides is 2. The van der Waals surface area contributed by atoms with Crippen LogP contribution in [0.15, 0.2) is 48.5 Å². The van der Waals surface area contributed by atoms with Crippen molar-refractivity contribution in [3.63, 3.8) is 0 Å². The summed E-state index contributed by atoms with van der Waals surface area (Å²) in [5.74, 6) is -1.41. The molecule has 2 aliphatic carbocycles. The van der Waals surface area contributed by atoms with Gasteiger partial charge in [-0.1, -0.05) is 48.5 Å². The van der Waals surface area contributed by atoms with Gasteiger partial charge in [0, 0.05) is 25.6 Å². The predicted molar refractivity (Wildman–Crippen MR) is 121 cm³/mol. The maximum atomic E-state index is 13.0. The van der Waals surface area contributed by atoms with Gasteiger partial charge in [-0.3, -0.25) is 9.59 Å². The Hall–Kier alpha value is -3.39. The van der Waals surface area contributed by atoms with E-state index < -0.39 is 18.1 Å². The lowest BCUT2D eigenvalue weighted by molar-refractivity contribution is -0.139. The molecule has 174 valence electrons. The Morgan fingerprint density at radius 3 is 2.21 bits per heavy atom. The summed E-state index contributed by atoms with van der Waals surface area (Å²) in [6.45, 7) is 0.212. The van der Waals surface area contributed by atoms with Crippen molar-refractivity contribution < 1.29 is 29.0 Å². The van der Waals surface area contributed by atoms with Crippen molar-refractivity contribution in [2.45, 2.75) is 37.3 Å². The van der Waals surface area contributed by atoms with E-state index >= 15 is 0 Å². The third-order valence-electron chi connectivity index (χ3n) is 6.10. The van der Waals surface area contributed by atoms with Crippen molar-refractivity contribution in [3.05, 3.63) is 59.7 Å². The summed E-state index contributed by atoms with van der Waals surface area (Å²) in [7, 11) is 1.44. The minimum Gasteiger partial charge on any atom is -0.481 e. The van der Waals surface area contributed by atoms with Crippen molar-refractivity contribution in [2.24, 2.45) is 0 Å². The molecule has 2 aromatic carbocycles. The molecule has 1 fully saturated rings. The first kappa shape index (κ1) is 22.8. The zero-order valence-electron chi connectivity index (χ0n) is 18.5. The maximum Gasteiger partial charge on any atom is 0.407 e. The summed E-state index contributed by atoms with van der Waals surface area (Å²) in [5.41, 5.74) is 4.47. The topological polar surface area (TPSA) is 105 Å². The van der Waals surface area contributed by atoms with Gasteiger partial charge in [0.15, 0.2) is 0 Å². The average Bonchev–Trinajstić information content (AvgIpc) is 3.59. The Morgan fingerprint density at radius 2 is 1.67 bits per heavy atom. The summed E-state index contributed by atoms with van der Waals surface area (Å²) in [5, 5.41) is 11.6. The van der Waals surface area contributed by atoms with Gasteiger partial charge in [-0.15, -0.1) is 0 Å². The maximum absolute atomic E-state index is 13.0. The summed E-state index contributed by atoms with van der Waals surface area (Å²) in [6.07, 6.45) is 0.806. The quantitative estimate of drug-likeness (QED) is 0.574. The van der Waals surface area contributed by atoms with E-state index in [2.05, 4.69) is 17.4 Å². The molecular weight excluding hydrogens is 424 g/mol. The fraction of sp³-hybridized carbons (Fsp3) is 0.400. The largest absolute Gasteiger partial charge is 0.481 e. The molecule has 1 atom stereocenters. The van der Waals surface area contributed by atoms with Crippen LogP contribution in [0, 0.1) is 0 Å². The molecule has 33 heavy (non-hydrogen) atoms. The number of carbonyl (C=O) groups is 3. The van der Waals surface area contributed by atoms with Gasteiger partial charge in [0.25, 0.3) is 0 Å². The van der Waals surface area contributed by atoms with E-state index in [-0.39, 0.29) is 44.0 Å². The van der Waals surface area contributed by atoms with E-state index in [0.29, 0.717) is 0 Å². The highest BCUT2D eigenvalue weighted by Crippen LogP contribution is 2.44. The van der Waals surface area contributed by atoms with E-state index in [1.54, 1.807) is 0 Å². The molecule has 0 aliphatic heterocycles. The fourth-order valence-electron chi connectivity index (χ4n) is 4.40. The summed E-state index contributed by atoms with van der Waals surface area (Å²) >= 11 is 0. The van der Waals surface area contributed by atoms with Crippen molar-refractivity contribution in [1.29, 1.82) is 0 Å². The van der Waals surface area contributed by atoms with E-state index in [9.17, 15) is 14.4 Å². The SMILES string of the molecule is COCC(NC(=O)OCC1c2ccccc2-c2ccccc21)C(=O)N(CCC(=O)O)C1CC1. The molecule has 0 saturated heterocycles. The molecule has 0 radical (unpaired) electrons. The van der Waals surface area contributed by atoms with Crippen molar-refractivity contribution >= 4 is 18.0 Å². The number of aliphatic carboxylic acids is 1. The minimum absolute atomic E-state index is 0.0144. The van der Waals surface area contributed by atoms with Gasteiger partial charge in [-0.25, -0.2) is 4.79 Å². The first-order valence-electron chi connectivity index (χ1n) is 11.1. The van der Waals surface area contributed by atoms with Crippen LogP contribution in [0.25, 0.3) is 11.1 Å². The number of carbonyl (C=O) groups excluding carboxylic acids is 2. The van der Waals surface area contributed by atoms with Gasteiger partial charge in [0.1, 0.15) is 12.6 Å². The number of carboxylic acid groups (broad SMARTS) is 1. The monoisotopic (exact) mass is 452 g/mol. The normalized spacial score (nSPS) is 15.3. The summed E-state index contributed by atoms with van der Waals surface area (Å²) < 4.78 is 10.7. The Labute approximate surface area is 192 Å². The molecular formula is C25H28N2O6. The molecule has 2 amide bonds. The van der Waals surface area contributed by atoms with Crippen LogP contribution < -0.4 is 5.32 Å². The molecule has 4 rings (SSSR count). The molecule has 0 heterocycles. The Bertz CT molecular complexity index is 990. The molecule has 1 saturated carbocycles. The molecule has 8 nitrogen and oxygen atoms in total. The first-order chi connectivity index (χ1) is 16.0. The molecule has 0 bridgehead atoms. The van der Waals surface area contributed by atoms with Crippen molar-refractivity contribution in [1.82, 2.24) is 10.2 Å². The van der Waals surface area contributed by atoms with Gasteiger partial charge < -0.3 is 24.8 Å². The molecule has 2 aliphatic rings. The third-order valence-corrected chi connectivity index (χ3v) is 6.10. The molecule has 2 N–H and O–H groups in total. The molecule has 1 unspecified atom stereocenters. The third kappa shape index (κ3) is 5.17. The predicted octanol–water partition coefficient (Wildman–Crippen LogP) is 3.01. The fourth-order valence-corrected chi connectivity index (χ4v) is 4.40. The van der Waals surface area contributed by atoms with Crippen LogP contribution in [0.2, 0.25) is 0 Å². The minimum atomic E-state index is -0.971. The summed E-state index contributed by atoms with van der Waals surface area (Å²) in [4.78, 5) is 38.2. The number of ether oxygens (including phenoxy) is 2. The lowest BCUT2D eigenvalue weighted by atomic mass is 9.98. The average molecular weight is 453 g/mol. The van der Waals surface area contributed by atoms with Crippen molar-refractivity contribution in [3.8, 4) is 11.1 Å². The van der Waals surface area contributed by atoms with Crippen LogP contribution >= 0.6 is 0 Å². The van der Waals surface area contributed by atoms with E-state index in [0.717, 1.165) is 35.1 Å². The summed E-state index contributed by atoms with van der Waals surface area (Å²) in [6, 6.07) is 15.2. The molecule has 0 aromatic heterocycles. The van der Waals surface area contributed by atoms with Gasteiger partial charge in [0.05, 0.1) is 13.0 Å². The van der Waals surface area contributed by atoms with E-state index in [1.165, 1.54) is 12.0 Å². The number of fused-ring (bicyclic) bond motifs is 3. The molecule has 2 aromatic rings. The second-order valence-corrected chi connectivity index (χ2v) is 8.38. The highest BCUT2D eigenvalue weighted by atomic mass is 16.5. The molecule has 0 spiro atoms. The van der Waals surface area contributed by atoms with Crippen LogP contribution in [0.3, 0.4) is 0 Å². The standard InChI is InChI=1S/C25H28N2O6/c1-32-15-22(24(30)27(16-10-11-16)13-12-23(28)29)26-25(31)33-14-21-19-8-4-2-6-17(19)18-7-3-5-9-20(18)21/h2-9,16,21-22H,10-15H2,1H3,(H,26,31)(H,28,29). The number of methoxy groups -OCH3 is 1. The number of nitrogens with zero attached hydrogens (tertiary/aromatic N) is 1. The zero-order chi connectivity index (χ0) is 23.4. The smallest absolute Gasteiger partial charge is 0.407 e. The Balaban J connectivity index is 1.40. The lowest BCUT2D eigenvalue weighted by Gasteiger charge is -2.27. The molecule has 8 heteroatoms. The van der Waals surface area contributed by atoms with Gasteiger partial charge in [0.2, 0.25) is 5.91 Å². The van der Waals surface area contributed by atoms with Crippen LogP contribution in [0.4, 0.5) is 4.79 Å². The Kier molecular flexibility index (Phi) is 6.93. The number of carboxylic acids is 1.